The van der Waals surface area contributed by atoms with E-state index in [0.29, 0.717) is 21.4 Å². The number of methoxy groups -OCH3 is 1. The summed E-state index contributed by atoms with van der Waals surface area (Å²) in [5, 5.41) is 13.9. The first-order chi connectivity index (χ1) is 12.0. The van der Waals surface area contributed by atoms with Gasteiger partial charge in [0, 0.05) is 10.6 Å². The van der Waals surface area contributed by atoms with Gasteiger partial charge in [-0.25, -0.2) is 0 Å². The van der Waals surface area contributed by atoms with Crippen molar-refractivity contribution in [2.24, 2.45) is 0 Å². The monoisotopic (exact) mass is 374 g/mol. The van der Waals surface area contributed by atoms with Gasteiger partial charge >= 0.3 is 0 Å². The van der Waals surface area contributed by atoms with Crippen LogP contribution in [-0.4, -0.2) is 28.1 Å². The lowest BCUT2D eigenvalue weighted by atomic mass is 10.1. The van der Waals surface area contributed by atoms with Crippen molar-refractivity contribution in [2.45, 2.75) is 6.54 Å². The van der Waals surface area contributed by atoms with Crippen LogP contribution in [-0.2, 0) is 11.3 Å². The third-order valence-electron chi connectivity index (χ3n) is 3.80. The van der Waals surface area contributed by atoms with E-state index in [9.17, 15) is 9.90 Å². The second kappa shape index (κ2) is 7.13. The highest BCUT2D eigenvalue weighted by Crippen LogP contribution is 2.31. The zero-order valence-electron chi connectivity index (χ0n) is 13.3. The van der Waals surface area contributed by atoms with E-state index in [1.807, 2.05) is 18.2 Å². The van der Waals surface area contributed by atoms with Gasteiger partial charge in [0.05, 0.1) is 13.7 Å². The molecule has 0 spiro atoms. The summed E-state index contributed by atoms with van der Waals surface area (Å²) in [6.45, 7) is 0.270. The number of amides is 1. The van der Waals surface area contributed by atoms with Crippen molar-refractivity contribution in [3.63, 3.8) is 0 Å². The maximum Gasteiger partial charge on any atom is 0.276 e. The highest BCUT2D eigenvalue weighted by molar-refractivity contribution is 7.80. The van der Waals surface area contributed by atoms with Crippen LogP contribution in [0.5, 0.6) is 11.5 Å². The molecule has 1 saturated heterocycles. The van der Waals surface area contributed by atoms with Crippen LogP contribution >= 0.6 is 23.8 Å². The number of para-hydroxylation sites is 1. The topological polar surface area (TPSA) is 61.8 Å². The molecular weight excluding hydrogens is 360 g/mol. The van der Waals surface area contributed by atoms with Crippen molar-refractivity contribution in [2.75, 3.05) is 7.11 Å². The molecule has 1 heterocycles. The number of carbonyl (C=O) groups is 1. The van der Waals surface area contributed by atoms with Crippen LogP contribution in [0.1, 0.15) is 11.1 Å². The maximum absolute atomic E-state index is 12.7. The predicted octanol–water partition coefficient (Wildman–Crippen LogP) is 3.31. The smallest absolute Gasteiger partial charge is 0.276 e. The van der Waals surface area contributed by atoms with Crippen molar-refractivity contribution in [1.29, 1.82) is 0 Å². The second-order valence-corrected chi connectivity index (χ2v) is 6.16. The van der Waals surface area contributed by atoms with E-state index in [2.05, 4.69) is 5.32 Å². The molecule has 5 nitrogen and oxygen atoms in total. The standard InChI is InChI=1S/C18H15ClN2O3S/c1-24-15-8-4-6-11(16(15)22)9-14-17(23)21(18(25)20-14)10-12-5-2-3-7-13(12)19/h2-9,22H,10H2,1H3,(H,20,25)/b14-9+. The van der Waals surface area contributed by atoms with Gasteiger partial charge in [-0.05, 0) is 36.0 Å². The molecule has 25 heavy (non-hydrogen) atoms. The van der Waals surface area contributed by atoms with E-state index >= 15 is 0 Å². The van der Waals surface area contributed by atoms with Gasteiger partial charge in [-0.3, -0.25) is 9.69 Å². The van der Waals surface area contributed by atoms with E-state index in [-0.39, 0.29) is 23.9 Å². The minimum atomic E-state index is -0.285. The number of hydrogen-bond acceptors (Lipinski definition) is 4. The summed E-state index contributed by atoms with van der Waals surface area (Å²) in [6, 6.07) is 12.3. The van der Waals surface area contributed by atoms with Crippen LogP contribution in [0.2, 0.25) is 5.02 Å². The average molecular weight is 375 g/mol. The molecule has 0 atom stereocenters. The number of hydrogen-bond donors (Lipinski definition) is 2. The summed E-state index contributed by atoms with van der Waals surface area (Å²) in [6.07, 6.45) is 1.54. The molecule has 7 heteroatoms. The maximum atomic E-state index is 12.7. The van der Waals surface area contributed by atoms with Crippen molar-refractivity contribution in [3.8, 4) is 11.5 Å². The number of phenolic OH excluding ortho intramolecular Hbond substituents is 1. The van der Waals surface area contributed by atoms with Gasteiger partial charge in [0.1, 0.15) is 5.70 Å². The SMILES string of the molecule is COc1cccc(/C=C2/NC(=S)N(Cc3ccccc3Cl)C2=O)c1O. The number of ether oxygens (including phenoxy) is 1. The Kier molecular flexibility index (Phi) is 4.92. The molecule has 0 saturated carbocycles. The van der Waals surface area contributed by atoms with E-state index < -0.39 is 0 Å². The predicted molar refractivity (Wildman–Crippen MR) is 100 cm³/mol. The highest BCUT2D eigenvalue weighted by atomic mass is 35.5. The molecule has 1 aliphatic rings. The summed E-state index contributed by atoms with van der Waals surface area (Å²) >= 11 is 11.4. The van der Waals surface area contributed by atoms with E-state index in [0.717, 1.165) is 5.56 Å². The molecule has 2 aromatic carbocycles. The average Bonchev–Trinajstić information content (AvgIpc) is 2.86. The number of aromatic hydroxyl groups is 1. The van der Waals surface area contributed by atoms with Crippen molar-refractivity contribution in [3.05, 3.63) is 64.3 Å². The zero-order chi connectivity index (χ0) is 18.0. The first-order valence-corrected chi connectivity index (χ1v) is 8.24. The minimum Gasteiger partial charge on any atom is -0.504 e. The molecule has 0 aromatic heterocycles. The Bertz CT molecular complexity index is 882. The fourth-order valence-corrected chi connectivity index (χ4v) is 2.94. The molecule has 1 amide bonds. The summed E-state index contributed by atoms with van der Waals surface area (Å²) in [5.41, 5.74) is 1.53. The number of carbonyl (C=O) groups excluding carboxylic acids is 1. The molecule has 0 unspecified atom stereocenters. The van der Waals surface area contributed by atoms with Crippen molar-refractivity contribution >= 4 is 40.9 Å². The Hall–Kier alpha value is -2.57. The van der Waals surface area contributed by atoms with Crippen LogP contribution < -0.4 is 10.1 Å². The van der Waals surface area contributed by atoms with Gasteiger partial charge in [0.2, 0.25) is 0 Å². The summed E-state index contributed by atoms with van der Waals surface area (Å²) in [4.78, 5) is 14.1. The van der Waals surface area contributed by atoms with E-state index in [4.69, 9.17) is 28.6 Å². The number of benzene rings is 2. The quantitative estimate of drug-likeness (QED) is 0.635. The lowest BCUT2D eigenvalue weighted by Crippen LogP contribution is -2.30. The number of phenols is 1. The van der Waals surface area contributed by atoms with Crippen molar-refractivity contribution < 1.29 is 14.6 Å². The number of thiocarbonyl (C=S) groups is 1. The largest absolute Gasteiger partial charge is 0.504 e. The Morgan fingerprint density at radius 3 is 2.76 bits per heavy atom. The third-order valence-corrected chi connectivity index (χ3v) is 4.49. The lowest BCUT2D eigenvalue weighted by Gasteiger charge is -2.14. The normalized spacial score (nSPS) is 15.6. The highest BCUT2D eigenvalue weighted by Gasteiger charge is 2.31. The number of halogens is 1. The first-order valence-electron chi connectivity index (χ1n) is 7.45. The summed E-state index contributed by atoms with van der Waals surface area (Å²) in [5.74, 6) is 0.00464. The second-order valence-electron chi connectivity index (χ2n) is 5.37. The summed E-state index contributed by atoms with van der Waals surface area (Å²) in [7, 11) is 1.46. The molecule has 0 radical (unpaired) electrons. The summed E-state index contributed by atoms with van der Waals surface area (Å²) < 4.78 is 5.08. The van der Waals surface area contributed by atoms with Crippen LogP contribution in [0.3, 0.4) is 0 Å². The Morgan fingerprint density at radius 2 is 2.04 bits per heavy atom. The Balaban J connectivity index is 1.88. The fourth-order valence-electron chi connectivity index (χ4n) is 2.49. The fraction of sp³-hybridized carbons (Fsp3) is 0.111. The molecule has 0 aliphatic carbocycles. The number of nitrogens with one attached hydrogen (secondary N) is 1. The van der Waals surface area contributed by atoms with Crippen LogP contribution in [0.15, 0.2) is 48.2 Å². The number of nitrogens with zero attached hydrogens (tertiary/aromatic N) is 1. The lowest BCUT2D eigenvalue weighted by molar-refractivity contribution is -0.122. The van der Waals surface area contributed by atoms with Gasteiger partial charge in [0.15, 0.2) is 16.6 Å². The van der Waals surface area contributed by atoms with E-state index in [1.165, 1.54) is 12.0 Å². The van der Waals surface area contributed by atoms with Crippen LogP contribution in [0.25, 0.3) is 6.08 Å². The Morgan fingerprint density at radius 1 is 1.28 bits per heavy atom. The molecule has 3 rings (SSSR count). The van der Waals surface area contributed by atoms with Gasteiger partial charge in [-0.15, -0.1) is 0 Å². The molecule has 2 aromatic rings. The molecule has 1 fully saturated rings. The minimum absolute atomic E-state index is 0.0393. The van der Waals surface area contributed by atoms with Gasteiger partial charge in [-0.2, -0.15) is 0 Å². The van der Waals surface area contributed by atoms with Gasteiger partial charge < -0.3 is 15.2 Å². The van der Waals surface area contributed by atoms with Crippen LogP contribution in [0, 0.1) is 0 Å². The van der Waals surface area contributed by atoms with Gasteiger partial charge in [-0.1, -0.05) is 41.9 Å². The van der Waals surface area contributed by atoms with E-state index in [1.54, 1.807) is 30.3 Å². The molecular formula is C18H15ClN2O3S. The molecule has 2 N–H and O–H groups in total. The van der Waals surface area contributed by atoms with Crippen molar-refractivity contribution in [1.82, 2.24) is 10.2 Å². The molecule has 1 aliphatic heterocycles. The number of rotatable bonds is 4. The molecule has 0 bridgehead atoms. The zero-order valence-corrected chi connectivity index (χ0v) is 14.9. The molecule has 128 valence electrons. The third kappa shape index (κ3) is 3.45. The van der Waals surface area contributed by atoms with Gasteiger partial charge in [0.25, 0.3) is 5.91 Å². The van der Waals surface area contributed by atoms with Crippen LogP contribution in [0.4, 0.5) is 0 Å². The Labute approximate surface area is 155 Å². The first kappa shape index (κ1) is 17.3.